The van der Waals surface area contributed by atoms with Crippen molar-refractivity contribution in [1.82, 2.24) is 4.90 Å². The number of anilines is 1. The Hall–Kier alpha value is -2.32. The van der Waals surface area contributed by atoms with Gasteiger partial charge in [0.2, 0.25) is 0 Å². The van der Waals surface area contributed by atoms with Gasteiger partial charge in [0.25, 0.3) is 5.69 Å². The number of hydrogen-bond donors (Lipinski definition) is 1. The number of halogens is 3. The zero-order valence-corrected chi connectivity index (χ0v) is 13.3. The van der Waals surface area contributed by atoms with E-state index in [1.165, 1.54) is 17.0 Å². The van der Waals surface area contributed by atoms with Gasteiger partial charge in [0, 0.05) is 30.4 Å². The SMILES string of the molecule is Cc1cc([N+](=O)[O-])c(C)cc1NC(=O)N1CCC(C(F)(F)F)CC1. The number of likely N-dealkylation sites (tertiary alicyclic amines) is 1. The van der Waals surface area contributed by atoms with Crippen LogP contribution in [-0.4, -0.2) is 35.1 Å². The van der Waals surface area contributed by atoms with Crippen LogP contribution in [0.1, 0.15) is 24.0 Å². The van der Waals surface area contributed by atoms with Crippen molar-refractivity contribution in [3.63, 3.8) is 0 Å². The Morgan fingerprint density at radius 3 is 2.33 bits per heavy atom. The molecule has 0 aromatic heterocycles. The van der Waals surface area contributed by atoms with Gasteiger partial charge in [-0.15, -0.1) is 0 Å². The van der Waals surface area contributed by atoms with Gasteiger partial charge < -0.3 is 10.2 Å². The van der Waals surface area contributed by atoms with E-state index in [-0.39, 0.29) is 31.6 Å². The number of hydrogen-bond acceptors (Lipinski definition) is 3. The van der Waals surface area contributed by atoms with Crippen LogP contribution < -0.4 is 5.32 Å². The maximum absolute atomic E-state index is 12.6. The van der Waals surface area contributed by atoms with E-state index in [0.717, 1.165) is 0 Å². The maximum Gasteiger partial charge on any atom is 0.391 e. The number of alkyl halides is 3. The van der Waals surface area contributed by atoms with Gasteiger partial charge in [-0.25, -0.2) is 4.79 Å². The zero-order chi connectivity index (χ0) is 18.1. The van der Waals surface area contributed by atoms with Gasteiger partial charge in [-0.2, -0.15) is 13.2 Å². The zero-order valence-electron chi connectivity index (χ0n) is 13.3. The van der Waals surface area contributed by atoms with Crippen molar-refractivity contribution in [2.45, 2.75) is 32.9 Å². The number of nitrogens with one attached hydrogen (secondary N) is 1. The fourth-order valence-electron chi connectivity index (χ4n) is 2.74. The van der Waals surface area contributed by atoms with Crippen LogP contribution >= 0.6 is 0 Å². The van der Waals surface area contributed by atoms with Crippen LogP contribution in [0.5, 0.6) is 0 Å². The second-order valence-electron chi connectivity index (χ2n) is 5.94. The van der Waals surface area contributed by atoms with Crippen molar-refractivity contribution in [2.75, 3.05) is 18.4 Å². The number of carbonyl (C=O) groups is 1. The van der Waals surface area contributed by atoms with E-state index >= 15 is 0 Å². The molecule has 0 bridgehead atoms. The summed E-state index contributed by atoms with van der Waals surface area (Å²) in [5.41, 5.74) is 1.29. The molecule has 1 N–H and O–H groups in total. The predicted octanol–water partition coefficient (Wildman–Crippen LogP) is 4.02. The van der Waals surface area contributed by atoms with E-state index in [9.17, 15) is 28.1 Å². The number of nitro groups is 1. The Balaban J connectivity index is 2.03. The molecule has 1 fully saturated rings. The van der Waals surface area contributed by atoms with Crippen LogP contribution in [0.25, 0.3) is 0 Å². The fraction of sp³-hybridized carbons (Fsp3) is 0.533. The van der Waals surface area contributed by atoms with Gasteiger partial charge in [-0.1, -0.05) is 0 Å². The molecule has 0 aliphatic carbocycles. The molecule has 0 unspecified atom stereocenters. The second kappa shape index (κ2) is 6.66. The Morgan fingerprint density at radius 1 is 1.25 bits per heavy atom. The number of aryl methyl sites for hydroxylation is 2. The number of benzene rings is 1. The summed E-state index contributed by atoms with van der Waals surface area (Å²) in [5.74, 6) is -1.37. The van der Waals surface area contributed by atoms with Gasteiger partial charge >= 0.3 is 12.2 Å². The van der Waals surface area contributed by atoms with Crippen LogP contribution in [0.4, 0.5) is 29.3 Å². The molecular formula is C15H18F3N3O3. The molecule has 1 aromatic rings. The van der Waals surface area contributed by atoms with E-state index in [2.05, 4.69) is 5.32 Å². The molecule has 2 rings (SSSR count). The molecule has 9 heteroatoms. The first kappa shape index (κ1) is 18.0. The Labute approximate surface area is 136 Å². The normalized spacial score (nSPS) is 16.1. The number of carbonyl (C=O) groups excluding carboxylic acids is 1. The monoisotopic (exact) mass is 345 g/mol. The summed E-state index contributed by atoms with van der Waals surface area (Å²) in [6, 6.07) is 2.36. The third kappa shape index (κ3) is 3.95. The molecule has 1 aromatic carbocycles. The molecular weight excluding hydrogens is 327 g/mol. The van der Waals surface area contributed by atoms with Gasteiger partial charge in [0.05, 0.1) is 10.8 Å². The summed E-state index contributed by atoms with van der Waals surface area (Å²) in [7, 11) is 0. The second-order valence-corrected chi connectivity index (χ2v) is 5.94. The molecule has 24 heavy (non-hydrogen) atoms. The first-order valence-electron chi connectivity index (χ1n) is 7.48. The highest BCUT2D eigenvalue weighted by molar-refractivity contribution is 5.90. The minimum absolute atomic E-state index is 0.0288. The standard InChI is InChI=1S/C15H18F3N3O3/c1-9-8-13(21(23)24)10(2)7-12(9)19-14(22)20-5-3-11(4-6-20)15(16,17)18/h7-8,11H,3-6H2,1-2H3,(H,19,22). The number of piperidine rings is 1. The summed E-state index contributed by atoms with van der Waals surface area (Å²) in [6.07, 6.45) is -4.46. The lowest BCUT2D eigenvalue weighted by Crippen LogP contribution is -2.44. The van der Waals surface area contributed by atoms with Crippen molar-refractivity contribution < 1.29 is 22.9 Å². The van der Waals surface area contributed by atoms with E-state index in [1.807, 2.05) is 0 Å². The van der Waals surface area contributed by atoms with Gasteiger partial charge in [-0.05, 0) is 38.3 Å². The van der Waals surface area contributed by atoms with Crippen LogP contribution in [0.15, 0.2) is 12.1 Å². The van der Waals surface area contributed by atoms with Crippen molar-refractivity contribution >= 4 is 17.4 Å². The molecule has 1 aliphatic rings. The first-order valence-corrected chi connectivity index (χ1v) is 7.48. The lowest BCUT2D eigenvalue weighted by Gasteiger charge is -2.33. The largest absolute Gasteiger partial charge is 0.391 e. The third-order valence-corrected chi connectivity index (χ3v) is 4.23. The van der Waals surface area contributed by atoms with E-state index in [4.69, 9.17) is 0 Å². The van der Waals surface area contributed by atoms with Crippen LogP contribution in [0, 0.1) is 29.9 Å². The topological polar surface area (TPSA) is 75.5 Å². The Morgan fingerprint density at radius 2 is 1.83 bits per heavy atom. The summed E-state index contributed by atoms with van der Waals surface area (Å²) in [6.45, 7) is 3.24. The molecule has 1 saturated heterocycles. The molecule has 0 atom stereocenters. The number of urea groups is 1. The minimum Gasteiger partial charge on any atom is -0.325 e. The van der Waals surface area contributed by atoms with Crippen molar-refractivity contribution in [2.24, 2.45) is 5.92 Å². The molecule has 1 heterocycles. The molecule has 2 amide bonds. The minimum atomic E-state index is -4.23. The van der Waals surface area contributed by atoms with Crippen LogP contribution in [0.3, 0.4) is 0 Å². The van der Waals surface area contributed by atoms with Gasteiger partial charge in [0.15, 0.2) is 0 Å². The van der Waals surface area contributed by atoms with E-state index in [1.54, 1.807) is 13.8 Å². The maximum atomic E-state index is 12.6. The van der Waals surface area contributed by atoms with E-state index in [0.29, 0.717) is 16.8 Å². The lowest BCUT2D eigenvalue weighted by molar-refractivity contribution is -0.385. The highest BCUT2D eigenvalue weighted by atomic mass is 19.4. The molecule has 132 valence electrons. The highest BCUT2D eigenvalue weighted by Crippen LogP contribution is 2.34. The number of nitro benzene ring substituents is 1. The summed E-state index contributed by atoms with van der Waals surface area (Å²) >= 11 is 0. The number of amides is 2. The Bertz CT molecular complexity index is 653. The van der Waals surface area contributed by atoms with Gasteiger partial charge in [-0.3, -0.25) is 10.1 Å². The third-order valence-electron chi connectivity index (χ3n) is 4.23. The number of rotatable bonds is 2. The smallest absolute Gasteiger partial charge is 0.325 e. The summed E-state index contributed by atoms with van der Waals surface area (Å²) in [4.78, 5) is 23.9. The van der Waals surface area contributed by atoms with Crippen LogP contribution in [-0.2, 0) is 0 Å². The summed E-state index contributed by atoms with van der Waals surface area (Å²) < 4.78 is 37.9. The average Bonchev–Trinajstić information content (AvgIpc) is 2.49. The molecule has 6 nitrogen and oxygen atoms in total. The quantitative estimate of drug-likeness (QED) is 0.650. The van der Waals surface area contributed by atoms with Crippen molar-refractivity contribution in [3.8, 4) is 0 Å². The van der Waals surface area contributed by atoms with Crippen molar-refractivity contribution in [1.29, 1.82) is 0 Å². The lowest BCUT2D eigenvalue weighted by atomic mass is 9.96. The number of nitrogens with zero attached hydrogens (tertiary/aromatic N) is 2. The van der Waals surface area contributed by atoms with Gasteiger partial charge in [0.1, 0.15) is 0 Å². The molecule has 0 spiro atoms. The molecule has 0 saturated carbocycles. The average molecular weight is 345 g/mol. The highest BCUT2D eigenvalue weighted by Gasteiger charge is 2.41. The van der Waals surface area contributed by atoms with Crippen LogP contribution in [0.2, 0.25) is 0 Å². The van der Waals surface area contributed by atoms with E-state index < -0.39 is 23.0 Å². The molecule has 1 aliphatic heterocycles. The molecule has 0 radical (unpaired) electrons. The summed E-state index contributed by atoms with van der Waals surface area (Å²) in [5, 5.41) is 13.5. The fourth-order valence-corrected chi connectivity index (χ4v) is 2.74. The predicted molar refractivity (Wildman–Crippen MR) is 81.9 cm³/mol. The first-order chi connectivity index (χ1) is 11.1. The van der Waals surface area contributed by atoms with Crippen molar-refractivity contribution in [3.05, 3.63) is 33.4 Å². The Kier molecular flexibility index (Phi) is 5.00.